The lowest BCUT2D eigenvalue weighted by molar-refractivity contribution is 0.430. The van der Waals surface area contributed by atoms with Gasteiger partial charge in [0, 0.05) is 50.0 Å². The number of pyridine rings is 1. The van der Waals surface area contributed by atoms with Gasteiger partial charge in [0.15, 0.2) is 5.88 Å². The Morgan fingerprint density at radius 2 is 0.910 bits per heavy atom. The molecule has 0 aliphatic carbocycles. The van der Waals surface area contributed by atoms with Gasteiger partial charge in [-0.1, -0.05) is 158 Å². The number of nitrogen functional groups attached to an aromatic ring is 1. The number of aryl methyl sites for hydroxylation is 1. The third-order valence-corrected chi connectivity index (χ3v) is 11.5. The van der Waals surface area contributed by atoms with Crippen LogP contribution in [0, 0.1) is 6.92 Å². The molecule has 0 amide bonds. The number of nitrogens with zero attached hydrogens (tertiary/aromatic N) is 1. The first-order chi connectivity index (χ1) is 31.2. The van der Waals surface area contributed by atoms with Gasteiger partial charge >= 0.3 is 0 Å². The van der Waals surface area contributed by atoms with Gasteiger partial charge in [0.25, 0.3) is 0 Å². The third-order valence-electron chi connectivity index (χ3n) is 11.5. The van der Waals surface area contributed by atoms with Crippen LogP contribution in [0.1, 0.15) is 138 Å². The lowest BCUT2D eigenvalue weighted by Crippen LogP contribution is -2.13. The highest BCUT2D eigenvalue weighted by Crippen LogP contribution is 2.32. The van der Waals surface area contributed by atoms with Gasteiger partial charge in [0.05, 0.1) is 18.2 Å². The number of para-hydroxylation sites is 1. The summed E-state index contributed by atoms with van der Waals surface area (Å²) in [6, 6.07) is 39.1. The third kappa shape index (κ3) is 12.9. The lowest BCUT2D eigenvalue weighted by atomic mass is 9.87. The molecular formula is C60H72N2O5. The number of hydrogen-bond donors (Lipinski definition) is 1. The molecule has 6 heterocycles. The van der Waals surface area contributed by atoms with Gasteiger partial charge in [-0.3, -0.25) is 4.98 Å². The SMILES string of the molecule is CC(C)(C)c1cc2ccccc2o1.CC(C)(C)c1ccc2cc(N)oc2c1.CC(C)(C)c1ccc2ccoc2c1.CC(C)(C)c1nccc2occc12.Cc1cc2ccc(C(C)(C)C)cc2o1. The Labute approximate surface area is 397 Å². The largest absolute Gasteiger partial charge is 0.464 e. The van der Waals surface area contributed by atoms with Crippen molar-refractivity contribution in [2.45, 2.75) is 138 Å². The molecule has 7 heteroatoms. The maximum Gasteiger partial charge on any atom is 0.191 e. The molecule has 0 unspecified atom stereocenters. The van der Waals surface area contributed by atoms with Crippen LogP contribution in [-0.2, 0) is 27.1 Å². The molecule has 0 fully saturated rings. The summed E-state index contributed by atoms with van der Waals surface area (Å²) in [6.45, 7) is 34.7. The Kier molecular flexibility index (Phi) is 14.5. The van der Waals surface area contributed by atoms with E-state index in [9.17, 15) is 0 Å². The van der Waals surface area contributed by atoms with Crippen molar-refractivity contribution >= 4 is 60.7 Å². The van der Waals surface area contributed by atoms with E-state index in [4.69, 9.17) is 27.8 Å². The molecule has 0 aliphatic heterocycles. The molecule has 0 spiro atoms. The Bertz CT molecular complexity index is 3050. The zero-order valence-electron chi connectivity index (χ0n) is 42.8. The lowest BCUT2D eigenvalue weighted by Gasteiger charge is -2.18. The van der Waals surface area contributed by atoms with Crippen molar-refractivity contribution in [3.05, 3.63) is 168 Å². The minimum Gasteiger partial charge on any atom is -0.464 e. The average molecular weight is 901 g/mol. The Balaban J connectivity index is 0.000000138. The summed E-state index contributed by atoms with van der Waals surface area (Å²) in [6.07, 6.45) is 5.24. The van der Waals surface area contributed by atoms with E-state index in [1.807, 2.05) is 49.4 Å². The molecule has 2 N–H and O–H groups in total. The minimum absolute atomic E-state index is 0.0728. The van der Waals surface area contributed by atoms with E-state index in [0.29, 0.717) is 5.88 Å². The normalized spacial score (nSPS) is 12.2. The molecule has 10 aromatic rings. The molecule has 0 saturated carbocycles. The summed E-state index contributed by atoms with van der Waals surface area (Å²) in [5, 5.41) is 5.74. The van der Waals surface area contributed by atoms with Gasteiger partial charge in [0.2, 0.25) is 0 Å². The second kappa shape index (κ2) is 19.4. The van der Waals surface area contributed by atoms with Crippen LogP contribution in [0.5, 0.6) is 0 Å². The first-order valence-corrected chi connectivity index (χ1v) is 23.3. The second-order valence-corrected chi connectivity index (χ2v) is 22.6. The van der Waals surface area contributed by atoms with Crippen LogP contribution in [-0.4, -0.2) is 4.98 Å². The number of furan rings is 5. The number of fused-ring (bicyclic) bond motifs is 5. The maximum atomic E-state index is 5.73. The highest BCUT2D eigenvalue weighted by molar-refractivity contribution is 5.82. The summed E-state index contributed by atoms with van der Waals surface area (Å²) in [5.74, 6) is 2.51. The van der Waals surface area contributed by atoms with Crippen molar-refractivity contribution in [3.63, 3.8) is 0 Å². The smallest absolute Gasteiger partial charge is 0.191 e. The monoisotopic (exact) mass is 901 g/mol. The van der Waals surface area contributed by atoms with Crippen molar-refractivity contribution in [2.24, 2.45) is 0 Å². The van der Waals surface area contributed by atoms with E-state index >= 15 is 0 Å². The second-order valence-electron chi connectivity index (χ2n) is 22.6. The van der Waals surface area contributed by atoms with Gasteiger partial charge in [-0.25, -0.2) is 0 Å². The van der Waals surface area contributed by atoms with Crippen molar-refractivity contribution in [1.82, 2.24) is 4.98 Å². The topological polar surface area (TPSA) is 105 Å². The van der Waals surface area contributed by atoms with Crippen molar-refractivity contribution in [2.75, 3.05) is 5.73 Å². The Hall–Kier alpha value is -6.47. The van der Waals surface area contributed by atoms with E-state index in [1.54, 1.807) is 18.7 Å². The van der Waals surface area contributed by atoms with Gasteiger partial charge < -0.3 is 27.8 Å². The molecule has 0 radical (unpaired) electrons. The van der Waals surface area contributed by atoms with E-state index in [0.717, 1.165) is 55.9 Å². The highest BCUT2D eigenvalue weighted by atomic mass is 16.4. The fraction of sp³-hybridized carbons (Fsp3) is 0.350. The van der Waals surface area contributed by atoms with Crippen LogP contribution in [0.3, 0.4) is 0 Å². The van der Waals surface area contributed by atoms with Crippen molar-refractivity contribution in [1.29, 1.82) is 0 Å². The quantitative estimate of drug-likeness (QED) is 0.162. The van der Waals surface area contributed by atoms with E-state index in [2.05, 4.69) is 182 Å². The number of hydrogen-bond acceptors (Lipinski definition) is 7. The standard InChI is InChI=1S/C13H16O.C12H15NO.2C12H14O.C11H13NO/c1-9-7-10-5-6-11(13(2,3)4)8-12(10)14-9;1-12(2,3)9-5-4-8-6-11(13)14-10(8)7-9;1-12(2,3)10-5-4-9-6-7-13-11(9)8-10;1-12(2,3)11-8-9-6-4-5-7-10(9)13-11;1-11(2,3)10-8-5-7-13-9(8)4-6-12-10/h5-8H,1-4H3;4-7H,13H2,1-3H3;2*4-8H,1-3H3;4-7H,1-3H3. The summed E-state index contributed by atoms with van der Waals surface area (Å²) >= 11 is 0. The van der Waals surface area contributed by atoms with Crippen LogP contribution in [0.25, 0.3) is 54.8 Å². The first kappa shape index (κ1) is 50.0. The molecule has 0 atom stereocenters. The summed E-state index contributed by atoms with van der Waals surface area (Å²) in [5.41, 5.74) is 16.0. The predicted octanol–water partition coefficient (Wildman–Crippen LogP) is 17.9. The fourth-order valence-electron chi connectivity index (χ4n) is 7.41. The van der Waals surface area contributed by atoms with Crippen LogP contribution in [0.4, 0.5) is 5.88 Å². The number of aromatic nitrogens is 1. The molecule has 6 aromatic heterocycles. The molecule has 10 rings (SSSR count). The van der Waals surface area contributed by atoms with Gasteiger partial charge in [-0.05, 0) is 94.5 Å². The predicted molar refractivity (Wildman–Crippen MR) is 282 cm³/mol. The van der Waals surface area contributed by atoms with Gasteiger partial charge in [0.1, 0.15) is 39.4 Å². The number of rotatable bonds is 0. The van der Waals surface area contributed by atoms with Crippen molar-refractivity contribution < 1.29 is 22.1 Å². The zero-order valence-corrected chi connectivity index (χ0v) is 42.8. The maximum absolute atomic E-state index is 5.73. The summed E-state index contributed by atoms with van der Waals surface area (Å²) in [4.78, 5) is 4.39. The first-order valence-electron chi connectivity index (χ1n) is 23.3. The van der Waals surface area contributed by atoms with E-state index in [-0.39, 0.29) is 27.1 Å². The molecule has 352 valence electrons. The Morgan fingerprint density at radius 3 is 1.48 bits per heavy atom. The average Bonchev–Trinajstić information content (AvgIpc) is 4.08. The number of benzene rings is 4. The van der Waals surface area contributed by atoms with E-state index in [1.165, 1.54) is 32.8 Å². The molecule has 4 aromatic carbocycles. The minimum atomic E-state index is 0.0728. The van der Waals surface area contributed by atoms with Crippen LogP contribution in [0.2, 0.25) is 0 Å². The number of nitrogens with two attached hydrogens (primary N) is 1. The van der Waals surface area contributed by atoms with Crippen LogP contribution >= 0.6 is 0 Å². The molecular weight excluding hydrogens is 829 g/mol. The molecule has 67 heavy (non-hydrogen) atoms. The summed E-state index contributed by atoms with van der Waals surface area (Å²) in [7, 11) is 0. The number of anilines is 1. The van der Waals surface area contributed by atoms with Crippen molar-refractivity contribution in [3.8, 4) is 0 Å². The van der Waals surface area contributed by atoms with Gasteiger partial charge in [-0.15, -0.1) is 0 Å². The summed E-state index contributed by atoms with van der Waals surface area (Å²) < 4.78 is 27.4. The molecule has 7 nitrogen and oxygen atoms in total. The molecule has 0 bridgehead atoms. The molecule has 0 saturated heterocycles. The zero-order chi connectivity index (χ0) is 49.1. The van der Waals surface area contributed by atoms with Crippen LogP contribution < -0.4 is 5.73 Å². The Morgan fingerprint density at radius 1 is 0.403 bits per heavy atom. The fourth-order valence-corrected chi connectivity index (χ4v) is 7.41. The molecule has 0 aliphatic rings. The van der Waals surface area contributed by atoms with E-state index < -0.39 is 0 Å². The van der Waals surface area contributed by atoms with Crippen LogP contribution in [0.15, 0.2) is 156 Å². The highest BCUT2D eigenvalue weighted by Gasteiger charge is 2.21. The van der Waals surface area contributed by atoms with Gasteiger partial charge in [-0.2, -0.15) is 0 Å².